The number of amides is 1. The number of aromatic nitrogens is 3. The number of sulfone groups is 1. The number of halogens is 3. The topological polar surface area (TPSA) is 145 Å². The van der Waals surface area contributed by atoms with E-state index >= 15 is 13.2 Å². The second-order valence-electron chi connectivity index (χ2n) is 10.5. The molecule has 2 fully saturated rings. The molecule has 2 aromatic heterocycles. The second kappa shape index (κ2) is 10.4. The molecular weight excluding hydrogens is 551 g/mol. The highest BCUT2D eigenvalue weighted by Gasteiger charge is 2.43. The monoisotopic (exact) mass is 579 g/mol. The van der Waals surface area contributed by atoms with Crippen molar-refractivity contribution in [1.82, 2.24) is 19.9 Å². The van der Waals surface area contributed by atoms with Crippen LogP contribution in [0.25, 0.3) is 11.0 Å². The zero-order chi connectivity index (χ0) is 28.8. The molecule has 214 valence electrons. The summed E-state index contributed by atoms with van der Waals surface area (Å²) < 4.78 is 69.3. The summed E-state index contributed by atoms with van der Waals surface area (Å²) in [6.07, 6.45) is -0.0160. The minimum atomic E-state index is -3.50. The van der Waals surface area contributed by atoms with Crippen LogP contribution in [-0.2, 0) is 15.8 Å². The average Bonchev–Trinajstić information content (AvgIpc) is 2.85. The molecule has 0 saturated carbocycles. The van der Waals surface area contributed by atoms with Crippen molar-refractivity contribution in [2.45, 2.75) is 44.1 Å². The van der Waals surface area contributed by atoms with Crippen LogP contribution in [0.2, 0.25) is 0 Å². The summed E-state index contributed by atoms with van der Waals surface area (Å²) in [5.74, 6) is -5.19. The van der Waals surface area contributed by atoms with E-state index in [4.69, 9.17) is 5.11 Å². The highest BCUT2D eigenvalue weighted by atomic mass is 32.2. The van der Waals surface area contributed by atoms with Crippen molar-refractivity contribution in [3.63, 3.8) is 0 Å². The lowest BCUT2D eigenvalue weighted by atomic mass is 9.89. The van der Waals surface area contributed by atoms with E-state index in [-0.39, 0.29) is 53.1 Å². The van der Waals surface area contributed by atoms with Crippen molar-refractivity contribution in [1.29, 1.82) is 0 Å². The number of aromatic amines is 1. The van der Waals surface area contributed by atoms with Crippen molar-refractivity contribution in [2.75, 3.05) is 29.9 Å². The van der Waals surface area contributed by atoms with Gasteiger partial charge in [-0.1, -0.05) is 18.2 Å². The minimum absolute atomic E-state index is 0.0125. The van der Waals surface area contributed by atoms with Crippen molar-refractivity contribution in [3.05, 3.63) is 63.5 Å². The molecule has 5 rings (SSSR count). The molecule has 3 N–H and O–H groups in total. The van der Waals surface area contributed by atoms with E-state index in [1.54, 1.807) is 13.0 Å². The Morgan fingerprint density at radius 2 is 1.95 bits per heavy atom. The van der Waals surface area contributed by atoms with Crippen molar-refractivity contribution < 1.29 is 31.5 Å². The number of carbonyl (C=O) groups is 1. The van der Waals surface area contributed by atoms with E-state index in [2.05, 4.69) is 20.3 Å². The normalized spacial score (nSPS) is 18.9. The Morgan fingerprint density at radius 1 is 1.25 bits per heavy atom. The van der Waals surface area contributed by atoms with Crippen LogP contribution in [0.3, 0.4) is 0 Å². The van der Waals surface area contributed by atoms with E-state index in [1.807, 2.05) is 0 Å². The standard InChI is InChI=1S/C26H28F3N5O5S/c1-14(17-3-2-4-20(21(17)27)26(28,29)10-15-11-34(12-15)25(36)37)32-22-19-9-18(16-5-7-40(38,39)8-6-16)24(35)33-23(19)31-13-30-22/h2-4,9,13-16H,5-8,10-12H2,1H3,(H,36,37)(H2,30,31,32,33,35). The molecule has 0 bridgehead atoms. The summed E-state index contributed by atoms with van der Waals surface area (Å²) in [4.78, 5) is 35.7. The highest BCUT2D eigenvalue weighted by molar-refractivity contribution is 7.91. The molecule has 40 heavy (non-hydrogen) atoms. The number of anilines is 1. The van der Waals surface area contributed by atoms with Crippen molar-refractivity contribution in [2.24, 2.45) is 5.92 Å². The number of rotatable bonds is 7. The molecule has 0 aliphatic carbocycles. The Bertz CT molecular complexity index is 1610. The number of carboxylic acid groups (broad SMARTS) is 1. The van der Waals surface area contributed by atoms with Crippen LogP contribution >= 0.6 is 0 Å². The number of likely N-dealkylation sites (tertiary alicyclic amines) is 1. The van der Waals surface area contributed by atoms with Gasteiger partial charge in [0.05, 0.1) is 28.5 Å². The van der Waals surface area contributed by atoms with E-state index in [1.165, 1.54) is 18.5 Å². The zero-order valence-electron chi connectivity index (χ0n) is 21.5. The molecule has 1 atom stereocenters. The quantitative estimate of drug-likeness (QED) is 0.381. The van der Waals surface area contributed by atoms with E-state index in [0.717, 1.165) is 11.0 Å². The lowest BCUT2D eigenvalue weighted by Crippen LogP contribution is -2.50. The minimum Gasteiger partial charge on any atom is -0.465 e. The number of pyridine rings is 1. The number of H-pyrrole nitrogens is 1. The maximum absolute atomic E-state index is 15.5. The average molecular weight is 580 g/mol. The smallest absolute Gasteiger partial charge is 0.407 e. The molecular formula is C26H28F3N5O5S. The first-order valence-electron chi connectivity index (χ1n) is 12.8. The van der Waals surface area contributed by atoms with Gasteiger partial charge in [0.1, 0.15) is 33.4 Å². The Morgan fingerprint density at radius 3 is 2.62 bits per heavy atom. The van der Waals surface area contributed by atoms with Gasteiger partial charge in [0.2, 0.25) is 0 Å². The van der Waals surface area contributed by atoms with Gasteiger partial charge in [-0.15, -0.1) is 0 Å². The van der Waals surface area contributed by atoms with E-state index in [0.29, 0.717) is 23.8 Å². The van der Waals surface area contributed by atoms with Gasteiger partial charge in [0, 0.05) is 36.6 Å². The number of benzene rings is 1. The Balaban J connectivity index is 1.39. The predicted octanol–water partition coefficient (Wildman–Crippen LogP) is 4.01. The largest absolute Gasteiger partial charge is 0.465 e. The van der Waals surface area contributed by atoms with Crippen LogP contribution in [0, 0.1) is 11.7 Å². The van der Waals surface area contributed by atoms with Crippen molar-refractivity contribution >= 4 is 32.8 Å². The summed E-state index contributed by atoms with van der Waals surface area (Å²) in [5, 5.41) is 12.4. The van der Waals surface area contributed by atoms with Crippen LogP contribution in [0.5, 0.6) is 0 Å². The molecule has 1 unspecified atom stereocenters. The molecule has 4 heterocycles. The Hall–Kier alpha value is -3.68. The third kappa shape index (κ3) is 5.49. The van der Waals surface area contributed by atoms with Crippen LogP contribution in [0.4, 0.5) is 23.8 Å². The molecule has 10 nitrogen and oxygen atoms in total. The molecule has 2 aliphatic rings. The van der Waals surface area contributed by atoms with E-state index in [9.17, 15) is 18.0 Å². The molecule has 14 heteroatoms. The SMILES string of the molecule is CC(Nc1ncnc2[nH]c(=O)c(C3CCS(=O)(=O)CC3)cc12)c1cccc(C(F)(F)CC2CN(C(=O)O)C2)c1F. The molecule has 0 radical (unpaired) electrons. The van der Waals surface area contributed by atoms with Gasteiger partial charge >= 0.3 is 6.09 Å². The zero-order valence-corrected chi connectivity index (χ0v) is 22.3. The van der Waals surface area contributed by atoms with Gasteiger partial charge in [-0.05, 0) is 31.7 Å². The Kier molecular flexibility index (Phi) is 7.23. The number of alkyl halides is 2. The fourth-order valence-electron chi connectivity index (χ4n) is 5.43. The molecule has 0 spiro atoms. The van der Waals surface area contributed by atoms with Crippen LogP contribution in [-0.4, -0.2) is 64.1 Å². The third-order valence-corrected chi connectivity index (χ3v) is 9.40. The first-order chi connectivity index (χ1) is 18.8. The lowest BCUT2D eigenvalue weighted by Gasteiger charge is -2.38. The van der Waals surface area contributed by atoms with Crippen molar-refractivity contribution in [3.8, 4) is 0 Å². The first-order valence-corrected chi connectivity index (χ1v) is 14.7. The predicted molar refractivity (Wildman–Crippen MR) is 141 cm³/mol. The maximum Gasteiger partial charge on any atom is 0.407 e. The molecule has 1 amide bonds. The number of hydrogen-bond donors (Lipinski definition) is 3. The van der Waals surface area contributed by atoms with Gasteiger partial charge in [0.15, 0.2) is 0 Å². The summed E-state index contributed by atoms with van der Waals surface area (Å²) in [6.45, 7) is 1.54. The number of fused-ring (bicyclic) bond motifs is 1. The van der Waals surface area contributed by atoms with Gasteiger partial charge < -0.3 is 20.3 Å². The summed E-state index contributed by atoms with van der Waals surface area (Å²) in [6, 6.07) is 4.55. The second-order valence-corrected chi connectivity index (χ2v) is 12.8. The summed E-state index contributed by atoms with van der Waals surface area (Å²) in [5.41, 5.74) is -0.546. The summed E-state index contributed by atoms with van der Waals surface area (Å²) >= 11 is 0. The Labute approximate surface area is 227 Å². The number of hydrogen-bond acceptors (Lipinski definition) is 7. The van der Waals surface area contributed by atoms with Gasteiger partial charge in [-0.3, -0.25) is 4.79 Å². The molecule has 2 aliphatic heterocycles. The van der Waals surface area contributed by atoms with Gasteiger partial charge in [0.25, 0.3) is 11.5 Å². The maximum atomic E-state index is 15.5. The van der Waals surface area contributed by atoms with Gasteiger partial charge in [-0.25, -0.2) is 36.4 Å². The van der Waals surface area contributed by atoms with E-state index < -0.39 is 51.6 Å². The number of nitrogens with zero attached hydrogens (tertiary/aromatic N) is 3. The van der Waals surface area contributed by atoms with Crippen LogP contribution in [0.15, 0.2) is 35.4 Å². The fraction of sp³-hybridized carbons (Fsp3) is 0.462. The molecule has 1 aromatic carbocycles. The first kappa shape index (κ1) is 27.9. The van der Waals surface area contributed by atoms with Crippen LogP contribution in [0.1, 0.15) is 54.8 Å². The van der Waals surface area contributed by atoms with Gasteiger partial charge in [-0.2, -0.15) is 0 Å². The third-order valence-electron chi connectivity index (χ3n) is 7.69. The molecule has 2 saturated heterocycles. The molecule has 3 aromatic rings. The summed E-state index contributed by atoms with van der Waals surface area (Å²) in [7, 11) is -3.13. The fourth-order valence-corrected chi connectivity index (χ4v) is 6.92. The highest BCUT2D eigenvalue weighted by Crippen LogP contribution is 2.40. The number of nitrogens with one attached hydrogen (secondary N) is 2. The lowest BCUT2D eigenvalue weighted by molar-refractivity contribution is -0.0553. The van der Waals surface area contributed by atoms with Crippen LogP contribution < -0.4 is 10.9 Å².